The maximum Gasteiger partial charge on any atom is 0.335 e. The molecule has 0 aliphatic rings. The fourth-order valence-corrected chi connectivity index (χ4v) is 1.84. The highest BCUT2D eigenvalue weighted by atomic mass is 16.4. The van der Waals surface area contributed by atoms with Crippen molar-refractivity contribution < 1.29 is 19.8 Å². The average molecular weight is 286 g/mol. The monoisotopic (exact) mass is 286 g/mol. The molecule has 0 bridgehead atoms. The van der Waals surface area contributed by atoms with Crippen LogP contribution in [0, 0.1) is 6.92 Å². The number of aromatic carboxylic acids is 1. The lowest BCUT2D eigenvalue weighted by Crippen LogP contribution is -2.14. The largest absolute Gasteiger partial charge is 0.507 e. The summed E-state index contributed by atoms with van der Waals surface area (Å²) in [6.07, 6.45) is 0. The molecule has 0 heterocycles. The number of carbonyl (C=O) groups is 2. The summed E-state index contributed by atoms with van der Waals surface area (Å²) in [6, 6.07) is 8.82. The SMILES string of the molecule is Cc1cccc(C(=O)Nc2ccc(C(=O)O)cc2N)c1O. The van der Waals surface area contributed by atoms with Crippen molar-refractivity contribution in [1.29, 1.82) is 0 Å². The molecule has 5 N–H and O–H groups in total. The molecule has 0 atom stereocenters. The molecule has 0 radical (unpaired) electrons. The Kier molecular flexibility index (Phi) is 3.80. The summed E-state index contributed by atoms with van der Waals surface area (Å²) in [5.41, 5.74) is 6.86. The lowest BCUT2D eigenvalue weighted by molar-refractivity contribution is 0.0696. The summed E-state index contributed by atoms with van der Waals surface area (Å²) >= 11 is 0. The van der Waals surface area contributed by atoms with E-state index in [1.54, 1.807) is 19.1 Å². The highest BCUT2D eigenvalue weighted by Crippen LogP contribution is 2.25. The van der Waals surface area contributed by atoms with Gasteiger partial charge < -0.3 is 21.3 Å². The average Bonchev–Trinajstić information content (AvgIpc) is 2.43. The summed E-state index contributed by atoms with van der Waals surface area (Å²) in [4.78, 5) is 22.9. The quantitative estimate of drug-likeness (QED) is 0.646. The lowest BCUT2D eigenvalue weighted by atomic mass is 10.1. The second-order valence-corrected chi connectivity index (χ2v) is 4.53. The smallest absolute Gasteiger partial charge is 0.335 e. The van der Waals surface area contributed by atoms with Gasteiger partial charge in [-0.15, -0.1) is 0 Å². The topological polar surface area (TPSA) is 113 Å². The summed E-state index contributed by atoms with van der Waals surface area (Å²) < 4.78 is 0. The van der Waals surface area contributed by atoms with Crippen molar-refractivity contribution >= 4 is 23.3 Å². The number of aryl methyl sites for hydroxylation is 1. The van der Waals surface area contributed by atoms with Gasteiger partial charge in [0.25, 0.3) is 5.91 Å². The number of nitrogen functional groups attached to an aromatic ring is 1. The van der Waals surface area contributed by atoms with E-state index in [-0.39, 0.29) is 28.3 Å². The first-order valence-corrected chi connectivity index (χ1v) is 6.13. The molecular weight excluding hydrogens is 272 g/mol. The molecular formula is C15H14N2O4. The van der Waals surface area contributed by atoms with Gasteiger partial charge in [0.15, 0.2) is 0 Å². The van der Waals surface area contributed by atoms with Crippen LogP contribution >= 0.6 is 0 Å². The van der Waals surface area contributed by atoms with Crippen LogP contribution in [0.4, 0.5) is 11.4 Å². The Morgan fingerprint density at radius 1 is 1.19 bits per heavy atom. The Hall–Kier alpha value is -3.02. The van der Waals surface area contributed by atoms with Gasteiger partial charge in [-0.3, -0.25) is 4.79 Å². The molecule has 108 valence electrons. The summed E-state index contributed by atoms with van der Waals surface area (Å²) in [6.45, 7) is 1.68. The van der Waals surface area contributed by atoms with Crippen molar-refractivity contribution in [3.05, 3.63) is 53.1 Å². The number of nitrogens with two attached hydrogens (primary N) is 1. The number of anilines is 2. The number of hydrogen-bond acceptors (Lipinski definition) is 4. The molecule has 6 heteroatoms. The number of carboxylic acids is 1. The Bertz CT molecular complexity index is 726. The lowest BCUT2D eigenvalue weighted by Gasteiger charge is -2.10. The number of aromatic hydroxyl groups is 1. The second-order valence-electron chi connectivity index (χ2n) is 4.53. The number of phenolic OH excluding ortho intramolecular Hbond substituents is 1. The van der Waals surface area contributed by atoms with Crippen molar-refractivity contribution in [2.45, 2.75) is 6.92 Å². The Morgan fingerprint density at radius 2 is 1.90 bits per heavy atom. The van der Waals surface area contributed by atoms with Gasteiger partial charge in [-0.2, -0.15) is 0 Å². The molecule has 0 aliphatic heterocycles. The van der Waals surface area contributed by atoms with E-state index >= 15 is 0 Å². The number of nitrogens with one attached hydrogen (secondary N) is 1. The third-order valence-electron chi connectivity index (χ3n) is 3.03. The van der Waals surface area contributed by atoms with E-state index in [9.17, 15) is 14.7 Å². The molecule has 0 aliphatic carbocycles. The number of benzene rings is 2. The van der Waals surface area contributed by atoms with E-state index in [0.29, 0.717) is 5.56 Å². The van der Waals surface area contributed by atoms with Crippen LogP contribution in [0.15, 0.2) is 36.4 Å². The summed E-state index contributed by atoms with van der Waals surface area (Å²) in [7, 11) is 0. The zero-order valence-electron chi connectivity index (χ0n) is 11.3. The molecule has 0 saturated heterocycles. The number of hydrogen-bond donors (Lipinski definition) is 4. The first kappa shape index (κ1) is 14.4. The molecule has 2 aromatic rings. The van der Waals surface area contributed by atoms with Gasteiger partial charge >= 0.3 is 5.97 Å². The maximum atomic E-state index is 12.1. The normalized spacial score (nSPS) is 10.1. The molecule has 0 fully saturated rings. The van der Waals surface area contributed by atoms with Crippen molar-refractivity contribution in [3.8, 4) is 5.75 Å². The minimum Gasteiger partial charge on any atom is -0.507 e. The van der Waals surface area contributed by atoms with Crippen molar-refractivity contribution in [3.63, 3.8) is 0 Å². The highest BCUT2D eigenvalue weighted by Gasteiger charge is 2.14. The van der Waals surface area contributed by atoms with Crippen LogP contribution in [0.3, 0.4) is 0 Å². The van der Waals surface area contributed by atoms with Crippen LogP contribution in [0.25, 0.3) is 0 Å². The van der Waals surface area contributed by atoms with Crippen LogP contribution in [-0.4, -0.2) is 22.1 Å². The van der Waals surface area contributed by atoms with E-state index in [0.717, 1.165) is 0 Å². The third-order valence-corrected chi connectivity index (χ3v) is 3.03. The predicted octanol–water partition coefficient (Wildman–Crippen LogP) is 2.23. The highest BCUT2D eigenvalue weighted by molar-refractivity contribution is 6.08. The van der Waals surface area contributed by atoms with Gasteiger partial charge in [0, 0.05) is 0 Å². The van der Waals surface area contributed by atoms with Crippen molar-refractivity contribution in [1.82, 2.24) is 0 Å². The second kappa shape index (κ2) is 5.54. The van der Waals surface area contributed by atoms with E-state index in [1.807, 2.05) is 0 Å². The van der Waals surface area contributed by atoms with Crippen molar-refractivity contribution in [2.75, 3.05) is 11.1 Å². The first-order valence-electron chi connectivity index (χ1n) is 6.13. The molecule has 2 aromatic carbocycles. The van der Waals surface area contributed by atoms with Crippen LogP contribution in [0.5, 0.6) is 5.75 Å². The Morgan fingerprint density at radius 3 is 2.52 bits per heavy atom. The zero-order chi connectivity index (χ0) is 15.6. The minimum absolute atomic E-state index is 0.0314. The number of carboxylic acid groups (broad SMARTS) is 1. The number of para-hydroxylation sites is 1. The van der Waals surface area contributed by atoms with E-state index in [1.165, 1.54) is 24.3 Å². The van der Waals surface area contributed by atoms with Crippen LogP contribution in [-0.2, 0) is 0 Å². The molecule has 0 spiro atoms. The van der Waals surface area contributed by atoms with Gasteiger partial charge in [-0.05, 0) is 36.8 Å². The number of amides is 1. The van der Waals surface area contributed by atoms with Gasteiger partial charge in [0.1, 0.15) is 5.75 Å². The molecule has 21 heavy (non-hydrogen) atoms. The van der Waals surface area contributed by atoms with Gasteiger partial charge in [0.05, 0.1) is 22.5 Å². The standard InChI is InChI=1S/C15H14N2O4/c1-8-3-2-4-10(13(8)18)14(19)17-12-6-5-9(15(20)21)7-11(12)16/h2-7,18H,16H2,1H3,(H,17,19)(H,20,21). The van der Waals surface area contributed by atoms with Crippen molar-refractivity contribution in [2.24, 2.45) is 0 Å². The zero-order valence-corrected chi connectivity index (χ0v) is 11.3. The number of phenols is 1. The van der Waals surface area contributed by atoms with Crippen LogP contribution in [0.1, 0.15) is 26.3 Å². The minimum atomic E-state index is -1.10. The van der Waals surface area contributed by atoms with E-state index < -0.39 is 11.9 Å². The van der Waals surface area contributed by atoms with Crippen LogP contribution in [0.2, 0.25) is 0 Å². The molecule has 2 rings (SSSR count). The van der Waals surface area contributed by atoms with E-state index in [2.05, 4.69) is 5.32 Å². The first-order chi connectivity index (χ1) is 9.90. The fourth-order valence-electron chi connectivity index (χ4n) is 1.84. The van der Waals surface area contributed by atoms with Gasteiger partial charge in [-0.1, -0.05) is 12.1 Å². The molecule has 0 unspecified atom stereocenters. The summed E-state index contributed by atoms with van der Waals surface area (Å²) in [5.74, 6) is -1.72. The maximum absolute atomic E-state index is 12.1. The van der Waals surface area contributed by atoms with Crippen LogP contribution < -0.4 is 11.1 Å². The molecule has 1 amide bonds. The Labute approximate surface area is 120 Å². The fraction of sp³-hybridized carbons (Fsp3) is 0.0667. The third kappa shape index (κ3) is 2.94. The summed E-state index contributed by atoms with van der Waals surface area (Å²) in [5, 5.41) is 21.3. The number of carbonyl (C=O) groups excluding carboxylic acids is 1. The van der Waals surface area contributed by atoms with Gasteiger partial charge in [-0.25, -0.2) is 4.79 Å². The molecule has 6 nitrogen and oxygen atoms in total. The molecule has 0 aromatic heterocycles. The number of rotatable bonds is 3. The Balaban J connectivity index is 2.28. The van der Waals surface area contributed by atoms with Gasteiger partial charge in [0.2, 0.25) is 0 Å². The molecule has 0 saturated carbocycles. The predicted molar refractivity (Wildman–Crippen MR) is 78.6 cm³/mol. The van der Waals surface area contributed by atoms with E-state index in [4.69, 9.17) is 10.8 Å².